The van der Waals surface area contributed by atoms with Crippen LogP contribution in [0.1, 0.15) is 6.92 Å². The fourth-order valence-electron chi connectivity index (χ4n) is 0.290. The zero-order chi connectivity index (χ0) is 6.41. The van der Waals surface area contributed by atoms with Crippen molar-refractivity contribution >= 4 is 24.2 Å². The first-order chi connectivity index (χ1) is 3.77. The van der Waals surface area contributed by atoms with Crippen molar-refractivity contribution in [1.29, 1.82) is 5.26 Å². The largest absolute Gasteiger partial charge is 0.327 e. The molecule has 0 aromatic heterocycles. The Bertz CT molecular complexity index is 89.4. The number of halogens is 1. The van der Waals surface area contributed by atoms with Crippen molar-refractivity contribution in [3.8, 4) is 6.07 Å². The minimum atomic E-state index is 0. The highest BCUT2D eigenvalue weighted by Crippen LogP contribution is 1.98. The average Bonchev–Trinajstić information content (AvgIpc) is 1.66. The summed E-state index contributed by atoms with van der Waals surface area (Å²) in [7, 11) is 0. The van der Waals surface area contributed by atoms with Gasteiger partial charge in [0, 0.05) is 11.8 Å². The summed E-state index contributed by atoms with van der Waals surface area (Å²) in [6, 6.07) is 2.25. The van der Waals surface area contributed by atoms with Gasteiger partial charge in [-0.2, -0.15) is 5.26 Å². The predicted octanol–water partition coefficient (Wildman–Crippen LogP) is 1.01. The lowest BCUT2D eigenvalue weighted by molar-refractivity contribution is 0.848. The van der Waals surface area contributed by atoms with E-state index in [0.717, 1.165) is 5.75 Å². The molecule has 0 aliphatic rings. The van der Waals surface area contributed by atoms with E-state index in [1.807, 2.05) is 13.0 Å². The minimum absolute atomic E-state index is 0. The standard InChI is InChI=1S/C5H10N2S.ClH/c1-5(7)4-8-3-2-6;/h5H,3-4,7H2,1H3;1H. The summed E-state index contributed by atoms with van der Waals surface area (Å²) in [5.74, 6) is 1.44. The molecule has 4 heteroatoms. The lowest BCUT2D eigenvalue weighted by Gasteiger charge is -1.98. The van der Waals surface area contributed by atoms with Gasteiger partial charge in [-0.1, -0.05) is 0 Å². The van der Waals surface area contributed by atoms with Crippen molar-refractivity contribution < 1.29 is 0 Å². The van der Waals surface area contributed by atoms with E-state index in [0.29, 0.717) is 5.75 Å². The summed E-state index contributed by atoms with van der Waals surface area (Å²) in [6.45, 7) is 1.93. The van der Waals surface area contributed by atoms with Crippen molar-refractivity contribution in [2.24, 2.45) is 5.73 Å². The molecule has 0 spiro atoms. The Kier molecular flexibility index (Phi) is 10.6. The molecular weight excluding hydrogens is 156 g/mol. The van der Waals surface area contributed by atoms with Crippen molar-refractivity contribution in [3.05, 3.63) is 0 Å². The van der Waals surface area contributed by atoms with E-state index in [1.165, 1.54) is 0 Å². The highest BCUT2D eigenvalue weighted by atomic mass is 35.5. The number of nitrogens with zero attached hydrogens (tertiary/aromatic N) is 1. The summed E-state index contributed by atoms with van der Waals surface area (Å²) in [6.07, 6.45) is 0. The molecule has 0 aromatic rings. The maximum atomic E-state index is 8.07. The van der Waals surface area contributed by atoms with Gasteiger partial charge in [-0.25, -0.2) is 0 Å². The highest BCUT2D eigenvalue weighted by molar-refractivity contribution is 7.99. The van der Waals surface area contributed by atoms with E-state index in [4.69, 9.17) is 11.0 Å². The molecular formula is C5H11ClN2S. The first-order valence-electron chi connectivity index (χ1n) is 2.47. The highest BCUT2D eigenvalue weighted by Gasteiger charge is 1.90. The molecule has 2 nitrogen and oxygen atoms in total. The number of rotatable bonds is 3. The molecule has 1 atom stereocenters. The molecule has 0 radical (unpaired) electrons. The topological polar surface area (TPSA) is 49.8 Å². The average molecular weight is 167 g/mol. The fraction of sp³-hybridized carbons (Fsp3) is 0.800. The fourth-order valence-corrected chi connectivity index (χ4v) is 0.871. The number of nitriles is 1. The lowest BCUT2D eigenvalue weighted by atomic mass is 10.4. The maximum Gasteiger partial charge on any atom is 0.0808 e. The molecule has 0 heterocycles. The van der Waals surface area contributed by atoms with Gasteiger partial charge < -0.3 is 5.73 Å². The zero-order valence-electron chi connectivity index (χ0n) is 5.33. The van der Waals surface area contributed by atoms with Crippen molar-refractivity contribution in [2.45, 2.75) is 13.0 Å². The summed E-state index contributed by atoms with van der Waals surface area (Å²) in [5, 5.41) is 8.07. The first-order valence-corrected chi connectivity index (χ1v) is 3.63. The number of hydrogen-bond acceptors (Lipinski definition) is 3. The van der Waals surface area contributed by atoms with Crippen LogP contribution in [0.5, 0.6) is 0 Å². The summed E-state index contributed by atoms with van der Waals surface area (Å²) in [5.41, 5.74) is 5.40. The first kappa shape index (κ1) is 11.8. The Balaban J connectivity index is 0. The second-order valence-corrected chi connectivity index (χ2v) is 2.68. The van der Waals surface area contributed by atoms with E-state index < -0.39 is 0 Å². The number of thioether (sulfide) groups is 1. The van der Waals surface area contributed by atoms with E-state index in [-0.39, 0.29) is 18.4 Å². The van der Waals surface area contributed by atoms with Crippen LogP contribution in [0.3, 0.4) is 0 Å². The molecule has 0 saturated carbocycles. The molecule has 2 N–H and O–H groups in total. The molecule has 54 valence electrons. The molecule has 0 fully saturated rings. The van der Waals surface area contributed by atoms with E-state index in [9.17, 15) is 0 Å². The molecule has 0 bridgehead atoms. The van der Waals surface area contributed by atoms with Crippen molar-refractivity contribution in [2.75, 3.05) is 11.5 Å². The van der Waals surface area contributed by atoms with Crippen LogP contribution in [0.25, 0.3) is 0 Å². The van der Waals surface area contributed by atoms with Crippen LogP contribution in [0, 0.1) is 11.3 Å². The van der Waals surface area contributed by atoms with E-state index >= 15 is 0 Å². The van der Waals surface area contributed by atoms with E-state index in [1.54, 1.807) is 11.8 Å². The van der Waals surface area contributed by atoms with Crippen molar-refractivity contribution in [3.63, 3.8) is 0 Å². The SMILES string of the molecule is CC(N)CSCC#N.Cl. The second kappa shape index (κ2) is 8.09. The van der Waals surface area contributed by atoms with Gasteiger partial charge in [0.05, 0.1) is 11.8 Å². The summed E-state index contributed by atoms with van der Waals surface area (Å²) in [4.78, 5) is 0. The molecule has 9 heavy (non-hydrogen) atoms. The van der Waals surface area contributed by atoms with Crippen LogP contribution < -0.4 is 5.73 Å². The minimum Gasteiger partial charge on any atom is -0.327 e. The van der Waals surface area contributed by atoms with Gasteiger partial charge >= 0.3 is 0 Å². The number of nitrogens with two attached hydrogens (primary N) is 1. The van der Waals surface area contributed by atoms with Crippen LogP contribution in [0.2, 0.25) is 0 Å². The molecule has 0 rings (SSSR count). The monoisotopic (exact) mass is 166 g/mol. The third-order valence-electron chi connectivity index (χ3n) is 0.547. The smallest absolute Gasteiger partial charge is 0.0808 e. The van der Waals surface area contributed by atoms with E-state index in [2.05, 4.69) is 0 Å². The van der Waals surface area contributed by atoms with Gasteiger partial charge in [0.25, 0.3) is 0 Å². The van der Waals surface area contributed by atoms with Gasteiger partial charge in [0.15, 0.2) is 0 Å². The Morgan fingerprint density at radius 1 is 1.78 bits per heavy atom. The molecule has 0 aromatic carbocycles. The van der Waals surface area contributed by atoms with Gasteiger partial charge in [-0.15, -0.1) is 24.2 Å². The Labute approximate surface area is 66.2 Å². The number of hydrogen-bond donors (Lipinski definition) is 1. The van der Waals surface area contributed by atoms with Crippen LogP contribution in [-0.4, -0.2) is 17.5 Å². The Morgan fingerprint density at radius 2 is 2.33 bits per heavy atom. The molecule has 1 unspecified atom stereocenters. The molecule has 0 aliphatic heterocycles. The Hall–Kier alpha value is 0.0900. The lowest BCUT2D eigenvalue weighted by Crippen LogP contribution is -2.17. The normalized spacial score (nSPS) is 11.2. The van der Waals surface area contributed by atoms with Crippen LogP contribution in [0.4, 0.5) is 0 Å². The van der Waals surface area contributed by atoms with Gasteiger partial charge in [0.1, 0.15) is 0 Å². The van der Waals surface area contributed by atoms with Crippen LogP contribution in [-0.2, 0) is 0 Å². The Morgan fingerprint density at radius 3 is 2.67 bits per heavy atom. The quantitative estimate of drug-likeness (QED) is 0.637. The third kappa shape index (κ3) is 11.6. The van der Waals surface area contributed by atoms with Gasteiger partial charge in [-0.3, -0.25) is 0 Å². The third-order valence-corrected chi connectivity index (χ3v) is 1.64. The maximum absolute atomic E-state index is 8.07. The predicted molar refractivity (Wildman–Crippen MR) is 43.8 cm³/mol. The summed E-state index contributed by atoms with van der Waals surface area (Å²) < 4.78 is 0. The summed E-state index contributed by atoms with van der Waals surface area (Å²) >= 11 is 1.58. The molecule has 0 amide bonds. The van der Waals surface area contributed by atoms with Crippen LogP contribution >= 0.6 is 24.2 Å². The zero-order valence-corrected chi connectivity index (χ0v) is 6.97. The van der Waals surface area contributed by atoms with Gasteiger partial charge in [0.2, 0.25) is 0 Å². The van der Waals surface area contributed by atoms with Gasteiger partial charge in [-0.05, 0) is 6.92 Å². The van der Waals surface area contributed by atoms with Crippen molar-refractivity contribution in [1.82, 2.24) is 0 Å². The molecule has 0 saturated heterocycles. The molecule has 0 aliphatic carbocycles. The van der Waals surface area contributed by atoms with Crippen LogP contribution in [0.15, 0.2) is 0 Å². The second-order valence-electron chi connectivity index (χ2n) is 1.65.